The van der Waals surface area contributed by atoms with E-state index in [0.717, 1.165) is 25.0 Å². The third kappa shape index (κ3) is 2.05. The quantitative estimate of drug-likeness (QED) is 0.759. The molecular weight excluding hydrogens is 226 g/mol. The molecule has 2 saturated heterocycles. The van der Waals surface area contributed by atoms with Gasteiger partial charge in [0.15, 0.2) is 0 Å². The van der Waals surface area contributed by atoms with E-state index in [0.29, 0.717) is 6.42 Å². The summed E-state index contributed by atoms with van der Waals surface area (Å²) in [5, 5.41) is 9.26. The predicted molar refractivity (Wildman–Crippen MR) is 62.1 cm³/mol. The lowest BCUT2D eigenvalue weighted by Gasteiger charge is -2.39. The summed E-state index contributed by atoms with van der Waals surface area (Å²) >= 11 is 1.74. The molecule has 0 aliphatic carbocycles. The molecular formula is C11H17NO3S. The highest BCUT2D eigenvalue weighted by Gasteiger charge is 2.41. The van der Waals surface area contributed by atoms with Crippen LogP contribution in [0.3, 0.4) is 0 Å². The Labute approximate surface area is 99.4 Å². The van der Waals surface area contributed by atoms with Crippen molar-refractivity contribution in [1.29, 1.82) is 0 Å². The van der Waals surface area contributed by atoms with Crippen LogP contribution in [0.2, 0.25) is 0 Å². The van der Waals surface area contributed by atoms with Gasteiger partial charge in [-0.3, -0.25) is 4.79 Å². The van der Waals surface area contributed by atoms with Crippen LogP contribution in [0.1, 0.15) is 32.6 Å². The van der Waals surface area contributed by atoms with E-state index in [9.17, 15) is 9.59 Å². The second-order valence-corrected chi connectivity index (χ2v) is 5.83. The fourth-order valence-electron chi connectivity index (χ4n) is 2.43. The number of hydrogen-bond acceptors (Lipinski definition) is 3. The largest absolute Gasteiger partial charge is 0.480 e. The van der Waals surface area contributed by atoms with Gasteiger partial charge in [0.2, 0.25) is 5.91 Å². The fourth-order valence-corrected chi connectivity index (χ4v) is 3.93. The van der Waals surface area contributed by atoms with E-state index in [1.807, 2.05) is 6.92 Å². The maximum Gasteiger partial charge on any atom is 0.326 e. The normalized spacial score (nSPS) is 35.4. The van der Waals surface area contributed by atoms with Crippen LogP contribution in [0.15, 0.2) is 0 Å². The first-order valence-electron chi connectivity index (χ1n) is 5.78. The lowest BCUT2D eigenvalue weighted by molar-refractivity contribution is -0.154. The zero-order chi connectivity index (χ0) is 11.7. The third-order valence-electron chi connectivity index (χ3n) is 3.40. The smallest absolute Gasteiger partial charge is 0.326 e. The molecule has 2 heterocycles. The topological polar surface area (TPSA) is 57.6 Å². The molecule has 0 aromatic carbocycles. The predicted octanol–water partition coefficient (Wildman–Crippen LogP) is 1.55. The Morgan fingerprint density at radius 1 is 1.44 bits per heavy atom. The van der Waals surface area contributed by atoms with Crippen molar-refractivity contribution in [3.63, 3.8) is 0 Å². The second-order valence-electron chi connectivity index (χ2n) is 4.55. The van der Waals surface area contributed by atoms with Crippen molar-refractivity contribution in [1.82, 2.24) is 4.90 Å². The van der Waals surface area contributed by atoms with Gasteiger partial charge in [-0.1, -0.05) is 6.92 Å². The summed E-state index contributed by atoms with van der Waals surface area (Å²) in [6.07, 6.45) is 3.31. The van der Waals surface area contributed by atoms with Crippen molar-refractivity contribution >= 4 is 23.6 Å². The highest BCUT2D eigenvalue weighted by atomic mass is 32.2. The Morgan fingerprint density at radius 2 is 2.19 bits per heavy atom. The van der Waals surface area contributed by atoms with E-state index < -0.39 is 12.0 Å². The van der Waals surface area contributed by atoms with Gasteiger partial charge in [-0.05, 0) is 31.4 Å². The minimum absolute atomic E-state index is 0.0297. The van der Waals surface area contributed by atoms with E-state index in [4.69, 9.17) is 5.11 Å². The lowest BCUT2D eigenvalue weighted by Crippen LogP contribution is -2.52. The number of piperidine rings is 1. The number of carbonyl (C=O) groups excluding carboxylic acids is 1. The Bertz CT molecular complexity index is 308. The zero-order valence-corrected chi connectivity index (χ0v) is 10.2. The molecule has 0 bridgehead atoms. The van der Waals surface area contributed by atoms with Crippen LogP contribution < -0.4 is 0 Å². The van der Waals surface area contributed by atoms with Crippen LogP contribution in [0.5, 0.6) is 0 Å². The van der Waals surface area contributed by atoms with E-state index in [1.165, 1.54) is 0 Å². The summed E-state index contributed by atoms with van der Waals surface area (Å²) < 4.78 is 0. The van der Waals surface area contributed by atoms with Gasteiger partial charge in [-0.2, -0.15) is 0 Å². The first kappa shape index (κ1) is 11.8. The Kier molecular flexibility index (Phi) is 3.42. The van der Waals surface area contributed by atoms with Crippen molar-refractivity contribution in [3.05, 3.63) is 0 Å². The fraction of sp³-hybridized carbons (Fsp3) is 0.818. The molecule has 3 atom stereocenters. The van der Waals surface area contributed by atoms with Crippen molar-refractivity contribution in [2.75, 3.05) is 5.75 Å². The molecule has 0 spiro atoms. The maximum atomic E-state index is 12.1. The highest BCUT2D eigenvalue weighted by molar-refractivity contribution is 7.99. The molecule has 16 heavy (non-hydrogen) atoms. The molecule has 1 N–H and O–H groups in total. The molecule has 4 nitrogen and oxygen atoms in total. The van der Waals surface area contributed by atoms with Crippen LogP contribution in [0, 0.1) is 5.92 Å². The number of aliphatic carboxylic acids is 1. The number of hydrogen-bond donors (Lipinski definition) is 1. The number of nitrogens with zero attached hydrogens (tertiary/aromatic N) is 1. The SMILES string of the molecule is C[C@H]1CCSC2CCCC(C(=O)O)N2C1=O. The van der Waals surface area contributed by atoms with Gasteiger partial charge in [0.25, 0.3) is 0 Å². The number of amides is 1. The Hall–Kier alpha value is -0.710. The van der Waals surface area contributed by atoms with Gasteiger partial charge in [-0.15, -0.1) is 11.8 Å². The van der Waals surface area contributed by atoms with Crippen molar-refractivity contribution < 1.29 is 14.7 Å². The number of carboxylic acid groups (broad SMARTS) is 1. The molecule has 2 unspecified atom stereocenters. The average molecular weight is 243 g/mol. The molecule has 0 saturated carbocycles. The van der Waals surface area contributed by atoms with Crippen molar-refractivity contribution in [3.8, 4) is 0 Å². The van der Waals surface area contributed by atoms with Crippen LogP contribution >= 0.6 is 11.8 Å². The minimum Gasteiger partial charge on any atom is -0.480 e. The number of carboxylic acids is 1. The molecule has 2 aliphatic heterocycles. The van der Waals surface area contributed by atoms with Gasteiger partial charge in [0.05, 0.1) is 5.37 Å². The number of carbonyl (C=O) groups is 2. The number of thioether (sulfide) groups is 1. The van der Waals surface area contributed by atoms with E-state index in [2.05, 4.69) is 0 Å². The van der Waals surface area contributed by atoms with E-state index in [1.54, 1.807) is 16.7 Å². The van der Waals surface area contributed by atoms with Crippen LogP contribution in [0.25, 0.3) is 0 Å². The summed E-state index contributed by atoms with van der Waals surface area (Å²) in [7, 11) is 0. The summed E-state index contributed by atoms with van der Waals surface area (Å²) in [5.41, 5.74) is 0. The summed E-state index contributed by atoms with van der Waals surface area (Å²) in [6.45, 7) is 1.90. The molecule has 5 heteroatoms. The summed E-state index contributed by atoms with van der Waals surface area (Å²) in [5.74, 6) is 0.104. The van der Waals surface area contributed by atoms with Gasteiger partial charge in [0.1, 0.15) is 6.04 Å². The molecule has 2 fully saturated rings. The lowest BCUT2D eigenvalue weighted by atomic mass is 9.98. The van der Waals surface area contributed by atoms with Crippen molar-refractivity contribution in [2.45, 2.75) is 44.0 Å². The van der Waals surface area contributed by atoms with E-state index in [-0.39, 0.29) is 17.2 Å². The summed E-state index contributed by atoms with van der Waals surface area (Å²) in [4.78, 5) is 24.9. The van der Waals surface area contributed by atoms with Crippen molar-refractivity contribution in [2.24, 2.45) is 5.92 Å². The monoisotopic (exact) mass is 243 g/mol. The highest BCUT2D eigenvalue weighted by Crippen LogP contribution is 2.35. The van der Waals surface area contributed by atoms with E-state index >= 15 is 0 Å². The third-order valence-corrected chi connectivity index (χ3v) is 4.72. The van der Waals surface area contributed by atoms with Crippen LogP contribution in [-0.2, 0) is 9.59 Å². The molecule has 0 aromatic rings. The first-order valence-corrected chi connectivity index (χ1v) is 6.82. The first-order chi connectivity index (χ1) is 7.61. The van der Waals surface area contributed by atoms with Gasteiger partial charge >= 0.3 is 5.97 Å². The molecule has 1 amide bonds. The molecule has 2 aliphatic rings. The van der Waals surface area contributed by atoms with Crippen LogP contribution in [-0.4, -0.2) is 39.1 Å². The molecule has 90 valence electrons. The van der Waals surface area contributed by atoms with Gasteiger partial charge < -0.3 is 10.0 Å². The standard InChI is InChI=1S/C11H17NO3S/c1-7-5-6-16-9-4-2-3-8(11(14)15)12(9)10(7)13/h7-9H,2-6H2,1H3,(H,14,15)/t7-,8?,9?/m0/s1. The van der Waals surface area contributed by atoms with Gasteiger partial charge in [-0.25, -0.2) is 4.79 Å². The molecule has 0 aromatic heterocycles. The van der Waals surface area contributed by atoms with Crippen LogP contribution in [0.4, 0.5) is 0 Å². The average Bonchev–Trinajstić information content (AvgIpc) is 2.40. The second kappa shape index (κ2) is 4.65. The zero-order valence-electron chi connectivity index (χ0n) is 9.39. The summed E-state index contributed by atoms with van der Waals surface area (Å²) in [6, 6.07) is -0.598. The van der Waals surface area contributed by atoms with Gasteiger partial charge in [0, 0.05) is 5.92 Å². The number of fused-ring (bicyclic) bond motifs is 1. The Morgan fingerprint density at radius 3 is 2.88 bits per heavy atom. The molecule has 2 rings (SSSR count). The maximum absolute atomic E-state index is 12.1. The number of rotatable bonds is 1. The molecule has 0 radical (unpaired) electrons. The Balaban J connectivity index is 2.25. The minimum atomic E-state index is -0.854.